The summed E-state index contributed by atoms with van der Waals surface area (Å²) in [7, 11) is 0. The molecule has 0 radical (unpaired) electrons. The van der Waals surface area contributed by atoms with Gasteiger partial charge >= 0.3 is 5.97 Å². The number of benzene rings is 2. The first-order valence-corrected chi connectivity index (χ1v) is 14.0. The molecular weight excluding hydrogens is 713 g/mol. The Kier molecular flexibility index (Phi) is 18.6. The average molecular weight is 756 g/mol. The minimum Gasteiger partial charge on any atom is -0.676 e. The quantitative estimate of drug-likeness (QED) is 0.207. The van der Waals surface area contributed by atoms with Crippen LogP contribution in [0, 0.1) is 5.92 Å². The molecule has 3 rings (SSSR count). The van der Waals surface area contributed by atoms with Gasteiger partial charge in [-0.05, 0) is 60.7 Å². The van der Waals surface area contributed by atoms with Crippen LogP contribution < -0.4 is 16.4 Å². The number of nitrogens with one attached hydrogen (secondary N) is 3. The van der Waals surface area contributed by atoms with Crippen LogP contribution >= 0.6 is 0 Å². The monoisotopic (exact) mass is 755 g/mol. The van der Waals surface area contributed by atoms with E-state index in [1.807, 2.05) is 49.4 Å². The number of aromatic nitrogens is 1. The number of rotatable bonds is 14. The largest absolute Gasteiger partial charge is 0.676 e. The Morgan fingerprint density at radius 3 is 2.10 bits per heavy atom. The van der Waals surface area contributed by atoms with Crippen molar-refractivity contribution in [2.75, 3.05) is 19.7 Å². The average Bonchev–Trinajstić information content (AvgIpc) is 3.00. The minimum absolute atomic E-state index is 0. The van der Waals surface area contributed by atoms with Gasteiger partial charge in [-0.15, -0.1) is 6.54 Å². The second-order valence-corrected chi connectivity index (χ2v) is 9.59. The number of carbonyl (C=O) groups excluding carboxylic acids is 3. The number of ether oxygens (including phenoxy) is 1. The third-order valence-corrected chi connectivity index (χ3v) is 6.20. The van der Waals surface area contributed by atoms with E-state index >= 15 is 0 Å². The van der Waals surface area contributed by atoms with Gasteiger partial charge in [0.25, 0.3) is 0 Å². The Morgan fingerprint density at radius 1 is 0.905 bits per heavy atom. The van der Waals surface area contributed by atoms with Crippen LogP contribution in [0.25, 0.3) is 16.9 Å². The van der Waals surface area contributed by atoms with E-state index in [2.05, 4.69) is 39.9 Å². The Hall–Kier alpha value is -3.39. The van der Waals surface area contributed by atoms with Gasteiger partial charge in [0.2, 0.25) is 11.8 Å². The summed E-state index contributed by atoms with van der Waals surface area (Å²) in [5.41, 5.74) is 15.4. The molecule has 2 aromatic carbocycles. The van der Waals surface area contributed by atoms with E-state index in [9.17, 15) is 14.4 Å². The molecule has 1 aromatic heterocycles. The van der Waals surface area contributed by atoms with Crippen LogP contribution in [0.1, 0.15) is 44.2 Å². The normalized spacial score (nSPS) is 11.5. The summed E-state index contributed by atoms with van der Waals surface area (Å²) >= 11 is 0. The van der Waals surface area contributed by atoms with Gasteiger partial charge in [0, 0.05) is 58.9 Å². The van der Waals surface area contributed by atoms with E-state index in [1.54, 1.807) is 19.3 Å². The summed E-state index contributed by atoms with van der Waals surface area (Å²) in [5.74, 6) is -1.06. The van der Waals surface area contributed by atoms with Crippen molar-refractivity contribution in [2.24, 2.45) is 11.7 Å². The third-order valence-electron chi connectivity index (χ3n) is 6.20. The predicted octanol–water partition coefficient (Wildman–Crippen LogP) is 4.46. The fourth-order valence-corrected chi connectivity index (χ4v) is 4.07. The molecule has 0 aliphatic carbocycles. The van der Waals surface area contributed by atoms with E-state index in [1.165, 1.54) is 0 Å². The van der Waals surface area contributed by atoms with E-state index in [-0.39, 0.29) is 63.7 Å². The zero-order valence-electron chi connectivity index (χ0n) is 24.3. The fourth-order valence-electron chi connectivity index (χ4n) is 4.07. The van der Waals surface area contributed by atoms with Crippen molar-refractivity contribution in [3.05, 3.63) is 96.0 Å². The van der Waals surface area contributed by atoms with Crippen LogP contribution in [0.3, 0.4) is 0 Å². The van der Waals surface area contributed by atoms with E-state index in [4.69, 9.17) is 16.2 Å². The molecule has 1 heterocycles. The first-order valence-electron chi connectivity index (χ1n) is 14.0. The Bertz CT molecular complexity index is 1180. The van der Waals surface area contributed by atoms with Crippen molar-refractivity contribution < 1.29 is 40.2 Å². The third kappa shape index (κ3) is 14.5. The summed E-state index contributed by atoms with van der Waals surface area (Å²) in [6, 6.07) is 21.7. The van der Waals surface area contributed by atoms with Gasteiger partial charge in [-0.2, -0.15) is 0 Å². The van der Waals surface area contributed by atoms with Gasteiger partial charge < -0.3 is 26.8 Å². The number of esters is 1. The molecule has 0 bridgehead atoms. The molecule has 10 heteroatoms. The number of nitrogens with two attached hydrogens (primary N) is 1. The molecule has 42 heavy (non-hydrogen) atoms. The smallest absolute Gasteiger partial charge is 0.308 e. The molecule has 2 atom stereocenters. The van der Waals surface area contributed by atoms with Gasteiger partial charge in [-0.25, -0.2) is 0 Å². The molecule has 0 aliphatic rings. The molecule has 1 unspecified atom stereocenters. The maximum Gasteiger partial charge on any atom is 0.308 e. The second-order valence-electron chi connectivity index (χ2n) is 9.59. The molecule has 0 spiro atoms. The number of carbonyl (C=O) groups is 3. The van der Waals surface area contributed by atoms with Crippen LogP contribution in [-0.2, 0) is 53.2 Å². The van der Waals surface area contributed by atoms with Crippen molar-refractivity contribution in [1.82, 2.24) is 15.6 Å². The predicted molar refractivity (Wildman–Crippen MR) is 161 cm³/mol. The molecule has 3 aromatic rings. The topological polar surface area (TPSA) is 147 Å². The molecule has 2 amide bonds. The molecule has 0 aliphatic heterocycles. The van der Waals surface area contributed by atoms with Gasteiger partial charge in [-0.3, -0.25) is 19.4 Å². The maximum absolute atomic E-state index is 12.7. The Balaban J connectivity index is 0.00000165. The number of hydrogen-bond acceptors (Lipinski definition) is 6. The second kappa shape index (κ2) is 21.3. The van der Waals surface area contributed by atoms with Crippen molar-refractivity contribution in [3.8, 4) is 11.1 Å². The van der Waals surface area contributed by atoms with Crippen molar-refractivity contribution in [1.29, 1.82) is 0 Å². The van der Waals surface area contributed by atoms with Crippen LogP contribution in [-0.4, -0.2) is 48.5 Å². The van der Waals surface area contributed by atoms with Gasteiger partial charge in [-0.1, -0.05) is 61.5 Å². The van der Waals surface area contributed by atoms with Crippen molar-refractivity contribution >= 4 is 17.8 Å². The van der Waals surface area contributed by atoms with Crippen LogP contribution in [0.2, 0.25) is 0 Å². The summed E-state index contributed by atoms with van der Waals surface area (Å²) in [6.07, 6.45) is 4.50. The van der Waals surface area contributed by atoms with Gasteiger partial charge in [0.05, 0.1) is 12.5 Å². The molecule has 0 fully saturated rings. The van der Waals surface area contributed by atoms with Gasteiger partial charge in [0.15, 0.2) is 0 Å². The Morgan fingerprint density at radius 2 is 1.50 bits per heavy atom. The first kappa shape index (κ1) is 36.6. The Labute approximate surface area is 263 Å². The molecule has 0 saturated carbocycles. The zero-order valence-corrected chi connectivity index (χ0v) is 26.6. The van der Waals surface area contributed by atoms with Gasteiger partial charge in [0.1, 0.15) is 0 Å². The molecule has 5 N–H and O–H groups in total. The molecule has 230 valence electrons. The SMILES string of the molecule is CCOC(=O)C(C)C[C@@H](Cc1ccc(-c2ccccc2)cc1)NC(=O)CCC(=O)NCc1ccncc1.[NH-]CCN.[Pt]. The van der Waals surface area contributed by atoms with E-state index in [0.29, 0.717) is 39.1 Å². The van der Waals surface area contributed by atoms with Crippen LogP contribution in [0.5, 0.6) is 0 Å². The number of nitrogens with zero attached hydrogens (tertiary/aromatic N) is 1. The van der Waals surface area contributed by atoms with Crippen LogP contribution in [0.15, 0.2) is 79.1 Å². The van der Waals surface area contributed by atoms with E-state index < -0.39 is 0 Å². The number of amides is 2. The fraction of sp³-hybridized carbons (Fsp3) is 0.375. The maximum atomic E-state index is 12.7. The van der Waals surface area contributed by atoms with Crippen molar-refractivity contribution in [3.63, 3.8) is 0 Å². The molecule has 9 nitrogen and oxygen atoms in total. The van der Waals surface area contributed by atoms with E-state index in [0.717, 1.165) is 22.3 Å². The molecule has 0 saturated heterocycles. The molecular formula is C32H42N5O4Pt-. The summed E-state index contributed by atoms with van der Waals surface area (Å²) < 4.78 is 5.16. The summed E-state index contributed by atoms with van der Waals surface area (Å²) in [4.78, 5) is 41.1. The zero-order chi connectivity index (χ0) is 29.9. The minimum atomic E-state index is -0.363. The first-order chi connectivity index (χ1) is 19.9. The summed E-state index contributed by atoms with van der Waals surface area (Å²) in [5, 5.41) is 5.85. The number of pyridine rings is 1. The van der Waals surface area contributed by atoms with Crippen LogP contribution in [0.4, 0.5) is 0 Å². The summed E-state index contributed by atoms with van der Waals surface area (Å²) in [6.45, 7) is 5.12. The number of hydrogen-bond donors (Lipinski definition) is 3. The standard InChI is InChI=1S/C30H35N3O4.C2H7N2.Pt/c1-3-37-30(36)22(2)19-27(20-23-9-11-26(12-10-23)25-7-5-4-6-8-25)33-29(35)14-13-28(34)32-21-24-15-17-31-18-16-24;3-1-2-4;/h4-12,15-18,22,27H,3,13-14,19-21H2,1-2H3,(H,32,34)(H,33,35);3H,1-2,4H2;/q;-1;/t22?,27-;;/m0../s1. The van der Waals surface area contributed by atoms with Crippen molar-refractivity contribution in [2.45, 2.75) is 52.1 Å².